The summed E-state index contributed by atoms with van der Waals surface area (Å²) in [5.41, 5.74) is 0. The smallest absolute Gasteiger partial charge is 0.462 e. The maximum atomic E-state index is 13.1. The summed E-state index contributed by atoms with van der Waals surface area (Å²) >= 11 is 0. The molecule has 0 saturated carbocycles. The van der Waals surface area contributed by atoms with Crippen molar-refractivity contribution in [1.29, 1.82) is 0 Å². The summed E-state index contributed by atoms with van der Waals surface area (Å²) < 4.78 is 68.7. The molecular weight excluding hydrogens is 1280 g/mol. The maximum absolute atomic E-state index is 13.1. The Kier molecular flexibility index (Phi) is 68.1. The van der Waals surface area contributed by atoms with Crippen LogP contribution in [0.5, 0.6) is 0 Å². The Morgan fingerprint density at radius 2 is 0.520 bits per heavy atom. The van der Waals surface area contributed by atoms with E-state index in [0.29, 0.717) is 25.7 Å². The van der Waals surface area contributed by atoms with Crippen LogP contribution in [0.4, 0.5) is 0 Å². The third kappa shape index (κ3) is 69.8. The molecule has 19 heteroatoms. The summed E-state index contributed by atoms with van der Waals surface area (Å²) in [6, 6.07) is 0. The third-order valence-corrected chi connectivity index (χ3v) is 21.0. The molecule has 0 spiro atoms. The van der Waals surface area contributed by atoms with Crippen LogP contribution in [0.25, 0.3) is 0 Å². The van der Waals surface area contributed by atoms with Crippen molar-refractivity contribution in [1.82, 2.24) is 0 Å². The van der Waals surface area contributed by atoms with Gasteiger partial charge >= 0.3 is 39.5 Å². The van der Waals surface area contributed by atoms with Gasteiger partial charge in [-0.05, 0) is 43.4 Å². The van der Waals surface area contributed by atoms with Crippen molar-refractivity contribution in [2.75, 3.05) is 39.6 Å². The van der Waals surface area contributed by atoms with Crippen molar-refractivity contribution >= 4 is 39.5 Å². The van der Waals surface area contributed by atoms with Crippen LogP contribution in [0, 0.1) is 17.8 Å². The van der Waals surface area contributed by atoms with E-state index < -0.39 is 97.5 Å². The molecule has 0 fully saturated rings. The predicted molar refractivity (Wildman–Crippen MR) is 400 cm³/mol. The number of hydrogen-bond acceptors (Lipinski definition) is 15. The molecule has 0 bridgehead atoms. The summed E-state index contributed by atoms with van der Waals surface area (Å²) in [5, 5.41) is 10.6. The number of carbonyl (C=O) groups excluding carboxylic acids is 4. The molecule has 0 aromatic rings. The van der Waals surface area contributed by atoms with Gasteiger partial charge in [-0.25, -0.2) is 9.13 Å². The second kappa shape index (κ2) is 69.4. The molecule has 582 valence electrons. The number of phosphoric acid groups is 2. The van der Waals surface area contributed by atoms with Gasteiger partial charge in [0.1, 0.15) is 19.3 Å². The van der Waals surface area contributed by atoms with Crippen LogP contribution in [-0.4, -0.2) is 96.7 Å². The van der Waals surface area contributed by atoms with Crippen molar-refractivity contribution in [2.45, 2.75) is 426 Å². The number of unbranched alkanes of at least 4 members (excludes halogenated alkanes) is 43. The van der Waals surface area contributed by atoms with Gasteiger partial charge < -0.3 is 33.8 Å². The lowest BCUT2D eigenvalue weighted by molar-refractivity contribution is -0.161. The SMILES string of the molecule is CCCCCCCCCCCCCCCCC(=O)O[C@H](COC(=O)CCCCCCCCCCC(C)CC)COP(=O)(O)OC[C@H](O)COP(=O)(O)OC[C@@H](COC(=O)CCCCCCCCCCCCC(C)CC)OC(=O)CCCCCCCCCCCCCCCCCC(C)C. The van der Waals surface area contributed by atoms with Crippen LogP contribution in [0.15, 0.2) is 0 Å². The molecule has 17 nitrogen and oxygen atoms in total. The standard InChI is InChI=1S/C79H154O17P2/c1-8-11-12-13-14-15-16-17-22-25-32-41-48-55-62-78(83)96-75(67-90-77(82)61-54-47-40-35-34-38-45-52-59-72(7)10-3)69-94-98(87,88)92-65-73(80)64-91-97(85,86)93-68-74(66-89-76(81)60-53-46-39-31-28-27-30-37-44-51-58-71(6)9-2)95-79(84)63-56-49-42-33-26-23-20-18-19-21-24-29-36-43-50-57-70(4)5/h70-75,80H,8-69H2,1-7H3,(H,85,86)(H,87,88)/t71?,72?,73-,74-,75-/m1/s1. The van der Waals surface area contributed by atoms with E-state index in [9.17, 15) is 43.2 Å². The first-order valence-corrected chi connectivity index (χ1v) is 43.9. The van der Waals surface area contributed by atoms with E-state index in [-0.39, 0.29) is 25.7 Å². The number of rotatable bonds is 77. The number of carbonyl (C=O) groups is 4. The highest BCUT2D eigenvalue weighted by atomic mass is 31.2. The largest absolute Gasteiger partial charge is 0.472 e. The molecule has 0 rings (SSSR count). The Morgan fingerprint density at radius 1 is 0.296 bits per heavy atom. The summed E-state index contributed by atoms with van der Waals surface area (Å²) in [7, 11) is -9.92. The molecule has 0 amide bonds. The van der Waals surface area contributed by atoms with E-state index in [1.807, 2.05) is 0 Å². The fourth-order valence-corrected chi connectivity index (χ4v) is 13.6. The van der Waals surface area contributed by atoms with Crippen LogP contribution in [0.3, 0.4) is 0 Å². The topological polar surface area (TPSA) is 237 Å². The van der Waals surface area contributed by atoms with Gasteiger partial charge in [0.05, 0.1) is 26.4 Å². The summed E-state index contributed by atoms with van der Waals surface area (Å²) in [6.45, 7) is 12.0. The Labute approximate surface area is 600 Å². The fourth-order valence-electron chi connectivity index (χ4n) is 12.1. The van der Waals surface area contributed by atoms with Crippen LogP contribution >= 0.6 is 15.6 Å². The van der Waals surface area contributed by atoms with Crippen molar-refractivity contribution in [3.63, 3.8) is 0 Å². The normalized spacial score (nSPS) is 14.6. The van der Waals surface area contributed by atoms with Gasteiger partial charge in [0.25, 0.3) is 0 Å². The lowest BCUT2D eigenvalue weighted by Crippen LogP contribution is -2.30. The van der Waals surface area contributed by atoms with Crippen molar-refractivity contribution in [3.05, 3.63) is 0 Å². The van der Waals surface area contributed by atoms with Crippen molar-refractivity contribution < 1.29 is 80.2 Å². The third-order valence-electron chi connectivity index (χ3n) is 19.1. The van der Waals surface area contributed by atoms with Gasteiger partial charge in [0, 0.05) is 25.7 Å². The van der Waals surface area contributed by atoms with Crippen LogP contribution < -0.4 is 0 Å². The average molecular weight is 1440 g/mol. The highest BCUT2D eigenvalue weighted by molar-refractivity contribution is 7.47. The Morgan fingerprint density at radius 3 is 0.776 bits per heavy atom. The van der Waals surface area contributed by atoms with Gasteiger partial charge in [-0.3, -0.25) is 37.3 Å². The maximum Gasteiger partial charge on any atom is 0.472 e. The number of aliphatic hydroxyl groups excluding tert-OH is 1. The van der Waals surface area contributed by atoms with Crippen molar-refractivity contribution in [3.8, 4) is 0 Å². The lowest BCUT2D eigenvalue weighted by Gasteiger charge is -2.21. The summed E-state index contributed by atoms with van der Waals surface area (Å²) in [6.07, 6.45) is 56.6. The highest BCUT2D eigenvalue weighted by Gasteiger charge is 2.30. The summed E-state index contributed by atoms with van der Waals surface area (Å²) in [5.74, 6) is 0.278. The van der Waals surface area contributed by atoms with E-state index in [2.05, 4.69) is 48.5 Å². The number of hydrogen-bond donors (Lipinski definition) is 3. The summed E-state index contributed by atoms with van der Waals surface area (Å²) in [4.78, 5) is 73.0. The van der Waals surface area contributed by atoms with Gasteiger partial charge in [-0.15, -0.1) is 0 Å². The molecular formula is C79H154O17P2. The van der Waals surface area contributed by atoms with Gasteiger partial charge in [0.15, 0.2) is 12.2 Å². The lowest BCUT2D eigenvalue weighted by atomic mass is 9.99. The predicted octanol–water partition coefficient (Wildman–Crippen LogP) is 23.4. The Balaban J connectivity index is 5.27. The van der Waals surface area contributed by atoms with E-state index in [1.165, 1.54) is 218 Å². The van der Waals surface area contributed by atoms with E-state index >= 15 is 0 Å². The van der Waals surface area contributed by atoms with Gasteiger partial charge in [0.2, 0.25) is 0 Å². The number of ether oxygens (including phenoxy) is 4. The first-order valence-electron chi connectivity index (χ1n) is 40.9. The molecule has 0 radical (unpaired) electrons. The molecule has 4 unspecified atom stereocenters. The molecule has 3 N–H and O–H groups in total. The molecule has 0 aliphatic heterocycles. The molecule has 0 aliphatic carbocycles. The quantitative estimate of drug-likeness (QED) is 0.0222. The molecule has 0 aromatic heterocycles. The van der Waals surface area contributed by atoms with E-state index in [0.717, 1.165) is 108 Å². The zero-order chi connectivity index (χ0) is 72.3. The Hall–Kier alpha value is -1.94. The average Bonchev–Trinajstić information content (AvgIpc) is 1.07. The molecule has 0 aliphatic rings. The van der Waals surface area contributed by atoms with Crippen molar-refractivity contribution in [2.24, 2.45) is 17.8 Å². The number of phosphoric ester groups is 2. The molecule has 0 saturated heterocycles. The van der Waals surface area contributed by atoms with Gasteiger partial charge in [-0.2, -0.15) is 0 Å². The van der Waals surface area contributed by atoms with Crippen LogP contribution in [0.2, 0.25) is 0 Å². The van der Waals surface area contributed by atoms with E-state index in [1.54, 1.807) is 0 Å². The van der Waals surface area contributed by atoms with E-state index in [4.69, 9.17) is 37.0 Å². The first-order chi connectivity index (χ1) is 47.3. The van der Waals surface area contributed by atoms with Crippen LogP contribution in [-0.2, 0) is 65.4 Å². The zero-order valence-electron chi connectivity index (χ0n) is 64.3. The monoisotopic (exact) mass is 1440 g/mol. The minimum Gasteiger partial charge on any atom is -0.462 e. The molecule has 0 heterocycles. The highest BCUT2D eigenvalue weighted by Crippen LogP contribution is 2.45. The Bertz CT molecular complexity index is 1910. The molecule has 98 heavy (non-hydrogen) atoms. The second-order valence-corrected chi connectivity index (χ2v) is 32.3. The second-order valence-electron chi connectivity index (χ2n) is 29.4. The first kappa shape index (κ1) is 96.1. The minimum atomic E-state index is -4.96. The molecule has 0 aromatic carbocycles. The minimum absolute atomic E-state index is 0.107. The zero-order valence-corrected chi connectivity index (χ0v) is 66.0. The number of aliphatic hydroxyl groups is 1. The number of esters is 4. The van der Waals surface area contributed by atoms with Crippen LogP contribution in [0.1, 0.15) is 408 Å². The molecule has 7 atom stereocenters. The fraction of sp³-hybridized carbons (Fsp3) is 0.949. The van der Waals surface area contributed by atoms with Gasteiger partial charge in [-0.1, -0.05) is 357 Å².